The molecule has 1 aromatic carbocycles. The summed E-state index contributed by atoms with van der Waals surface area (Å²) in [5, 5.41) is 17.4. The van der Waals surface area contributed by atoms with Crippen molar-refractivity contribution in [1.82, 2.24) is 9.59 Å². The fourth-order valence-corrected chi connectivity index (χ4v) is 2.00. The van der Waals surface area contributed by atoms with E-state index < -0.39 is 0 Å². The van der Waals surface area contributed by atoms with Crippen LogP contribution in [0.4, 0.5) is 5.00 Å². The Hall–Kier alpha value is -1.82. The molecule has 1 atom stereocenters. The summed E-state index contributed by atoms with van der Waals surface area (Å²) in [6.07, 6.45) is 1.68. The average Bonchev–Trinajstić information content (AvgIpc) is 2.82. The Kier molecular flexibility index (Phi) is 3.43. The largest absolute Gasteiger partial charge is 0.504 e. The van der Waals surface area contributed by atoms with E-state index in [1.807, 2.05) is 19.1 Å². The summed E-state index contributed by atoms with van der Waals surface area (Å²) in [7, 11) is 1.53. The highest BCUT2D eigenvalue weighted by Gasteiger charge is 2.10. The zero-order valence-corrected chi connectivity index (χ0v) is 10.4. The van der Waals surface area contributed by atoms with Crippen LogP contribution in [0.2, 0.25) is 0 Å². The van der Waals surface area contributed by atoms with Crippen LogP contribution in [0.3, 0.4) is 0 Å². The molecule has 1 unspecified atom stereocenters. The molecule has 0 bridgehead atoms. The van der Waals surface area contributed by atoms with Gasteiger partial charge < -0.3 is 15.2 Å². The fourth-order valence-electron chi connectivity index (χ4n) is 1.49. The van der Waals surface area contributed by atoms with Gasteiger partial charge in [0.15, 0.2) is 11.5 Å². The summed E-state index contributed by atoms with van der Waals surface area (Å²) in [6.45, 7) is 2.02. The lowest BCUT2D eigenvalue weighted by Gasteiger charge is -2.14. The molecule has 0 spiro atoms. The van der Waals surface area contributed by atoms with E-state index >= 15 is 0 Å². The standard InChI is InChI=1S/C11H13N3O2S/c1-7(13-11-6-12-14-17-11)8-3-4-9(15)10(5-8)16-2/h3-7,13,15H,1-2H3. The minimum Gasteiger partial charge on any atom is -0.504 e. The number of hydrogen-bond donors (Lipinski definition) is 2. The molecule has 5 nitrogen and oxygen atoms in total. The van der Waals surface area contributed by atoms with Crippen LogP contribution in [0, 0.1) is 0 Å². The molecule has 0 saturated carbocycles. The maximum atomic E-state index is 9.51. The van der Waals surface area contributed by atoms with Gasteiger partial charge in [0.2, 0.25) is 0 Å². The van der Waals surface area contributed by atoms with Crippen LogP contribution in [-0.4, -0.2) is 21.8 Å². The van der Waals surface area contributed by atoms with Gasteiger partial charge in [0.1, 0.15) is 5.00 Å². The molecular formula is C11H13N3O2S. The lowest BCUT2D eigenvalue weighted by Crippen LogP contribution is -2.05. The number of ether oxygens (including phenoxy) is 1. The summed E-state index contributed by atoms with van der Waals surface area (Å²) < 4.78 is 8.85. The zero-order valence-electron chi connectivity index (χ0n) is 9.54. The van der Waals surface area contributed by atoms with E-state index in [-0.39, 0.29) is 11.8 Å². The molecule has 1 heterocycles. The van der Waals surface area contributed by atoms with Crippen LogP contribution in [0.5, 0.6) is 11.5 Å². The molecule has 17 heavy (non-hydrogen) atoms. The van der Waals surface area contributed by atoms with Crippen molar-refractivity contribution in [2.45, 2.75) is 13.0 Å². The Bertz CT molecular complexity index is 487. The normalized spacial score (nSPS) is 12.1. The molecule has 0 amide bonds. The first-order valence-corrected chi connectivity index (χ1v) is 5.89. The lowest BCUT2D eigenvalue weighted by molar-refractivity contribution is 0.373. The lowest BCUT2D eigenvalue weighted by atomic mass is 10.1. The van der Waals surface area contributed by atoms with Crippen molar-refractivity contribution in [3.63, 3.8) is 0 Å². The van der Waals surface area contributed by atoms with Crippen LogP contribution in [-0.2, 0) is 0 Å². The number of hydrogen-bond acceptors (Lipinski definition) is 6. The number of benzene rings is 1. The maximum Gasteiger partial charge on any atom is 0.160 e. The second-order valence-electron chi connectivity index (χ2n) is 3.58. The van der Waals surface area contributed by atoms with Crippen molar-refractivity contribution in [3.05, 3.63) is 30.0 Å². The summed E-state index contributed by atoms with van der Waals surface area (Å²) in [5.41, 5.74) is 1.02. The van der Waals surface area contributed by atoms with Crippen LogP contribution in [0.15, 0.2) is 24.4 Å². The topological polar surface area (TPSA) is 67.3 Å². The van der Waals surface area contributed by atoms with E-state index in [9.17, 15) is 5.11 Å². The first kappa shape index (κ1) is 11.7. The van der Waals surface area contributed by atoms with Gasteiger partial charge in [-0.1, -0.05) is 10.6 Å². The van der Waals surface area contributed by atoms with Gasteiger partial charge in [0.05, 0.1) is 13.3 Å². The van der Waals surface area contributed by atoms with Gasteiger partial charge in [-0.15, -0.1) is 5.10 Å². The number of aromatic nitrogens is 2. The van der Waals surface area contributed by atoms with Gasteiger partial charge in [0.25, 0.3) is 0 Å². The number of rotatable bonds is 4. The van der Waals surface area contributed by atoms with Gasteiger partial charge in [0, 0.05) is 17.6 Å². The minimum absolute atomic E-state index is 0.0896. The molecule has 0 aliphatic carbocycles. The quantitative estimate of drug-likeness (QED) is 0.873. The first-order valence-electron chi connectivity index (χ1n) is 5.11. The van der Waals surface area contributed by atoms with E-state index in [1.54, 1.807) is 12.3 Å². The average molecular weight is 251 g/mol. The summed E-state index contributed by atoms with van der Waals surface area (Å²) in [6, 6.07) is 5.37. The molecule has 0 saturated heterocycles. The summed E-state index contributed by atoms with van der Waals surface area (Å²) in [4.78, 5) is 0. The summed E-state index contributed by atoms with van der Waals surface area (Å²) >= 11 is 1.31. The Balaban J connectivity index is 2.16. The Morgan fingerprint density at radius 2 is 2.29 bits per heavy atom. The molecule has 6 heteroatoms. The smallest absolute Gasteiger partial charge is 0.160 e. The van der Waals surface area contributed by atoms with Crippen molar-refractivity contribution in [1.29, 1.82) is 0 Å². The molecule has 0 aliphatic heterocycles. The van der Waals surface area contributed by atoms with Crippen molar-refractivity contribution in [2.24, 2.45) is 0 Å². The second-order valence-corrected chi connectivity index (χ2v) is 4.36. The Labute approximate surface area is 103 Å². The molecule has 2 aromatic rings. The minimum atomic E-state index is 0.0896. The molecule has 0 aliphatic rings. The Morgan fingerprint density at radius 1 is 1.47 bits per heavy atom. The van der Waals surface area contributed by atoms with E-state index in [1.165, 1.54) is 18.6 Å². The number of phenolic OH excluding ortho intramolecular Hbond substituents is 1. The van der Waals surface area contributed by atoms with Crippen LogP contribution < -0.4 is 10.1 Å². The molecule has 2 rings (SSSR count). The first-order chi connectivity index (χ1) is 8.20. The highest BCUT2D eigenvalue weighted by molar-refractivity contribution is 7.09. The number of nitrogens with one attached hydrogen (secondary N) is 1. The predicted octanol–water partition coefficient (Wildman–Crippen LogP) is 2.43. The molecular weight excluding hydrogens is 238 g/mol. The molecule has 90 valence electrons. The maximum absolute atomic E-state index is 9.51. The van der Waals surface area contributed by atoms with E-state index in [4.69, 9.17) is 4.74 Å². The number of nitrogens with zero attached hydrogens (tertiary/aromatic N) is 2. The van der Waals surface area contributed by atoms with Gasteiger partial charge in [-0.3, -0.25) is 0 Å². The van der Waals surface area contributed by atoms with Crippen LogP contribution >= 0.6 is 11.5 Å². The van der Waals surface area contributed by atoms with Crippen molar-refractivity contribution in [2.75, 3.05) is 12.4 Å². The number of aromatic hydroxyl groups is 1. The van der Waals surface area contributed by atoms with Crippen molar-refractivity contribution in [3.8, 4) is 11.5 Å². The number of phenols is 1. The number of anilines is 1. The van der Waals surface area contributed by atoms with E-state index in [0.29, 0.717) is 5.75 Å². The third-order valence-corrected chi connectivity index (χ3v) is 3.02. The molecule has 2 N–H and O–H groups in total. The molecule has 1 aromatic heterocycles. The van der Waals surface area contributed by atoms with E-state index in [2.05, 4.69) is 14.9 Å². The second kappa shape index (κ2) is 5.01. The zero-order chi connectivity index (χ0) is 12.3. The number of methoxy groups -OCH3 is 1. The van der Waals surface area contributed by atoms with Crippen LogP contribution in [0.1, 0.15) is 18.5 Å². The molecule has 0 radical (unpaired) electrons. The Morgan fingerprint density at radius 3 is 2.94 bits per heavy atom. The van der Waals surface area contributed by atoms with Crippen molar-refractivity contribution < 1.29 is 9.84 Å². The highest BCUT2D eigenvalue weighted by Crippen LogP contribution is 2.30. The third-order valence-electron chi connectivity index (χ3n) is 2.42. The van der Waals surface area contributed by atoms with E-state index in [0.717, 1.165) is 10.6 Å². The third kappa shape index (κ3) is 2.65. The van der Waals surface area contributed by atoms with Gasteiger partial charge in [-0.05, 0) is 24.6 Å². The van der Waals surface area contributed by atoms with Gasteiger partial charge in [-0.25, -0.2) is 0 Å². The summed E-state index contributed by atoms with van der Waals surface area (Å²) in [5.74, 6) is 0.612. The molecule has 0 fully saturated rings. The highest BCUT2D eigenvalue weighted by atomic mass is 32.1. The van der Waals surface area contributed by atoms with Gasteiger partial charge in [-0.2, -0.15) is 0 Å². The fraction of sp³-hybridized carbons (Fsp3) is 0.273. The predicted molar refractivity (Wildman–Crippen MR) is 66.6 cm³/mol. The van der Waals surface area contributed by atoms with Gasteiger partial charge >= 0.3 is 0 Å². The van der Waals surface area contributed by atoms with Crippen LogP contribution in [0.25, 0.3) is 0 Å². The monoisotopic (exact) mass is 251 g/mol. The van der Waals surface area contributed by atoms with Crippen molar-refractivity contribution >= 4 is 16.5 Å². The SMILES string of the molecule is COc1cc(C(C)Nc2cnns2)ccc1O.